The van der Waals surface area contributed by atoms with Crippen LogP contribution in [0.4, 0.5) is 0 Å². The first-order chi connectivity index (χ1) is 15.2. The largest absolute Gasteiger partial charge is 0.498 e. The highest BCUT2D eigenvalue weighted by Crippen LogP contribution is 2.25. The number of hydrogen-bond acceptors (Lipinski definition) is 6. The molecule has 6 heteroatoms. The molecule has 0 saturated carbocycles. The molecular weight excluding hydrogens is 408 g/mol. The number of esters is 2. The molecule has 0 aromatic heterocycles. The zero-order valence-corrected chi connectivity index (χ0v) is 19.2. The van der Waals surface area contributed by atoms with E-state index in [0.717, 1.165) is 0 Å². The van der Waals surface area contributed by atoms with E-state index >= 15 is 0 Å². The van der Waals surface area contributed by atoms with Crippen molar-refractivity contribution in [3.8, 4) is 11.5 Å². The molecule has 0 aliphatic rings. The second kappa shape index (κ2) is 11.9. The average Bonchev–Trinajstić information content (AvgIpc) is 2.77. The topological polar surface area (TPSA) is 71.1 Å². The van der Waals surface area contributed by atoms with Crippen LogP contribution in [0.25, 0.3) is 0 Å². The lowest BCUT2D eigenvalue weighted by Crippen LogP contribution is -2.30. The summed E-state index contributed by atoms with van der Waals surface area (Å²) < 4.78 is 21.7. The smallest absolute Gasteiger partial charge is 0.317 e. The minimum absolute atomic E-state index is 0.308. The third-order valence-corrected chi connectivity index (χ3v) is 4.95. The lowest BCUT2D eigenvalue weighted by Gasteiger charge is -2.22. The number of para-hydroxylation sites is 2. The Hall–Kier alpha value is -3.28. The van der Waals surface area contributed by atoms with Gasteiger partial charge in [-0.1, -0.05) is 36.4 Å². The highest BCUT2D eigenvalue weighted by atomic mass is 16.5. The van der Waals surface area contributed by atoms with Gasteiger partial charge in [0, 0.05) is 0 Å². The Morgan fingerprint density at radius 2 is 1.00 bits per heavy atom. The molecule has 0 saturated heterocycles. The highest BCUT2D eigenvalue weighted by molar-refractivity contribution is 5.78. The summed E-state index contributed by atoms with van der Waals surface area (Å²) in [6, 6.07) is 18.0. The third kappa shape index (κ3) is 8.46. The molecular formula is C26H32O6. The summed E-state index contributed by atoms with van der Waals surface area (Å²) in [6.45, 7) is 7.95. The molecule has 0 aliphatic carbocycles. The van der Waals surface area contributed by atoms with Crippen LogP contribution in [0.5, 0.6) is 11.5 Å². The summed E-state index contributed by atoms with van der Waals surface area (Å²) >= 11 is 0. The maximum Gasteiger partial charge on any atom is 0.317 e. The molecule has 0 aliphatic heterocycles. The monoisotopic (exact) mass is 440 g/mol. The van der Waals surface area contributed by atoms with Crippen LogP contribution in [0.1, 0.15) is 40.5 Å². The van der Waals surface area contributed by atoms with Crippen molar-refractivity contribution < 1.29 is 28.5 Å². The Balaban J connectivity index is 1.63. The summed E-state index contributed by atoms with van der Waals surface area (Å²) in [5, 5.41) is 0. The molecule has 0 fully saturated rings. The normalized spacial score (nSPS) is 11.8. The van der Waals surface area contributed by atoms with E-state index in [1.165, 1.54) is 12.5 Å². The number of rotatable bonds is 12. The molecule has 0 atom stereocenters. The predicted octanol–water partition coefficient (Wildman–Crippen LogP) is 5.53. The highest BCUT2D eigenvalue weighted by Gasteiger charge is 2.30. The Labute approximate surface area is 190 Å². The lowest BCUT2D eigenvalue weighted by molar-refractivity contribution is -0.145. The van der Waals surface area contributed by atoms with Crippen molar-refractivity contribution in [1.82, 2.24) is 0 Å². The van der Waals surface area contributed by atoms with E-state index in [2.05, 4.69) is 0 Å². The lowest BCUT2D eigenvalue weighted by atomic mass is 9.90. The van der Waals surface area contributed by atoms with Crippen molar-refractivity contribution in [1.29, 1.82) is 0 Å². The van der Waals surface area contributed by atoms with Gasteiger partial charge in [-0.05, 0) is 64.8 Å². The molecule has 0 N–H and O–H groups in total. The van der Waals surface area contributed by atoms with Gasteiger partial charge in [0.25, 0.3) is 0 Å². The van der Waals surface area contributed by atoms with E-state index in [1.54, 1.807) is 24.3 Å². The van der Waals surface area contributed by atoms with E-state index in [0.29, 0.717) is 37.6 Å². The van der Waals surface area contributed by atoms with Gasteiger partial charge in [0.2, 0.25) is 0 Å². The summed E-state index contributed by atoms with van der Waals surface area (Å²) in [6.07, 6.45) is 3.85. The fourth-order valence-electron chi connectivity index (χ4n) is 2.51. The standard InChI is InChI=1S/C26H32O6/c1-25(2,23(27)31-21-11-7-5-8-12-21)15-17-29-19-20-30-18-16-26(3,4)24(28)32-22-13-9-6-10-14-22/h5-14,19-20H,15-18H2,1-4H3. The zero-order valence-electron chi connectivity index (χ0n) is 19.2. The summed E-state index contributed by atoms with van der Waals surface area (Å²) in [4.78, 5) is 24.7. The molecule has 6 nitrogen and oxygen atoms in total. The van der Waals surface area contributed by atoms with Crippen molar-refractivity contribution in [3.05, 3.63) is 73.2 Å². The number of hydrogen-bond donors (Lipinski definition) is 0. The molecule has 172 valence electrons. The molecule has 0 spiro atoms. The van der Waals surface area contributed by atoms with E-state index < -0.39 is 10.8 Å². The Morgan fingerprint density at radius 1 is 0.656 bits per heavy atom. The molecule has 2 aromatic carbocycles. The number of benzene rings is 2. The molecule has 0 bridgehead atoms. The molecule has 2 aromatic rings. The predicted molar refractivity (Wildman–Crippen MR) is 122 cm³/mol. The number of ether oxygens (including phenoxy) is 4. The van der Waals surface area contributed by atoms with E-state index in [1.807, 2.05) is 64.1 Å². The first-order valence-corrected chi connectivity index (χ1v) is 10.6. The van der Waals surface area contributed by atoms with Crippen LogP contribution >= 0.6 is 0 Å². The summed E-state index contributed by atoms with van der Waals surface area (Å²) in [7, 11) is 0. The van der Waals surface area contributed by atoms with E-state index in [4.69, 9.17) is 18.9 Å². The van der Waals surface area contributed by atoms with Crippen LogP contribution in [-0.4, -0.2) is 25.2 Å². The maximum absolute atomic E-state index is 12.3. The second-order valence-corrected chi connectivity index (χ2v) is 8.69. The van der Waals surface area contributed by atoms with E-state index in [-0.39, 0.29) is 11.9 Å². The maximum atomic E-state index is 12.3. The van der Waals surface area contributed by atoms with Crippen LogP contribution in [0, 0.1) is 10.8 Å². The van der Waals surface area contributed by atoms with Crippen LogP contribution in [0.2, 0.25) is 0 Å². The average molecular weight is 441 g/mol. The van der Waals surface area contributed by atoms with Gasteiger partial charge in [-0.25, -0.2) is 0 Å². The Morgan fingerprint density at radius 3 is 1.34 bits per heavy atom. The summed E-state index contributed by atoms with van der Waals surface area (Å²) in [5.74, 6) is 0.431. The quantitative estimate of drug-likeness (QED) is 0.187. The molecule has 0 radical (unpaired) electrons. The third-order valence-electron chi connectivity index (χ3n) is 4.95. The van der Waals surface area contributed by atoms with Crippen molar-refractivity contribution >= 4 is 11.9 Å². The van der Waals surface area contributed by atoms with Gasteiger partial charge >= 0.3 is 11.9 Å². The molecule has 0 heterocycles. The van der Waals surface area contributed by atoms with Crippen molar-refractivity contribution in [2.24, 2.45) is 10.8 Å². The van der Waals surface area contributed by atoms with Crippen molar-refractivity contribution in [3.63, 3.8) is 0 Å². The van der Waals surface area contributed by atoms with Crippen molar-refractivity contribution in [2.45, 2.75) is 40.5 Å². The van der Waals surface area contributed by atoms with Gasteiger partial charge in [0.15, 0.2) is 0 Å². The second-order valence-electron chi connectivity index (χ2n) is 8.69. The number of carbonyl (C=O) groups is 2. The summed E-state index contributed by atoms with van der Waals surface area (Å²) in [5.41, 5.74) is -1.37. The first kappa shape index (κ1) is 25.0. The fourth-order valence-corrected chi connectivity index (χ4v) is 2.51. The SMILES string of the molecule is CC(C)(CCOC=COCCC(C)(C)C(=O)Oc1ccccc1)C(=O)Oc1ccccc1. The minimum atomic E-state index is -0.687. The Bertz CT molecular complexity index is 798. The zero-order chi connectivity index (χ0) is 23.5. The van der Waals surface area contributed by atoms with Gasteiger partial charge < -0.3 is 18.9 Å². The van der Waals surface area contributed by atoms with E-state index in [9.17, 15) is 9.59 Å². The van der Waals surface area contributed by atoms with Crippen LogP contribution in [0.3, 0.4) is 0 Å². The molecule has 32 heavy (non-hydrogen) atoms. The van der Waals surface area contributed by atoms with Gasteiger partial charge in [-0.15, -0.1) is 0 Å². The van der Waals surface area contributed by atoms with Crippen LogP contribution in [-0.2, 0) is 19.1 Å². The minimum Gasteiger partial charge on any atom is -0.498 e. The molecule has 0 unspecified atom stereocenters. The van der Waals surface area contributed by atoms with Gasteiger partial charge in [0.05, 0.1) is 24.0 Å². The van der Waals surface area contributed by atoms with Crippen molar-refractivity contribution in [2.75, 3.05) is 13.2 Å². The Kier molecular flexibility index (Phi) is 9.32. The van der Waals surface area contributed by atoms with Crippen LogP contribution in [0.15, 0.2) is 73.2 Å². The number of carbonyl (C=O) groups excluding carboxylic acids is 2. The first-order valence-electron chi connectivity index (χ1n) is 10.6. The fraction of sp³-hybridized carbons (Fsp3) is 0.385. The van der Waals surface area contributed by atoms with Gasteiger partial charge in [0.1, 0.15) is 24.0 Å². The molecule has 2 rings (SSSR count). The van der Waals surface area contributed by atoms with Crippen LogP contribution < -0.4 is 9.47 Å². The van der Waals surface area contributed by atoms with Gasteiger partial charge in [-0.2, -0.15) is 0 Å². The molecule has 0 amide bonds. The van der Waals surface area contributed by atoms with Gasteiger partial charge in [-0.3, -0.25) is 9.59 Å².